The molecule has 3 heteroatoms. The van der Waals surface area contributed by atoms with Crippen LogP contribution in [0.5, 0.6) is 0 Å². The van der Waals surface area contributed by atoms with Crippen LogP contribution in [-0.2, 0) is 0 Å². The standard InChI is InChI=1S/C17H27FN2/c1-3-6-14-7-5-11-20(12-10-14)17-15(13(2)19)8-4-9-16(17)18/h4,8-9,13-14H,3,5-7,10-12,19H2,1-2H3/t13-,14?/m0/s1. The average molecular weight is 278 g/mol. The lowest BCUT2D eigenvalue weighted by atomic mass is 9.96. The third-order valence-electron chi connectivity index (χ3n) is 4.37. The zero-order chi connectivity index (χ0) is 14.5. The topological polar surface area (TPSA) is 29.3 Å². The second kappa shape index (κ2) is 7.07. The van der Waals surface area contributed by atoms with E-state index in [1.54, 1.807) is 12.1 Å². The molecule has 0 amide bonds. The minimum Gasteiger partial charge on any atom is -0.369 e. The lowest BCUT2D eigenvalue weighted by Gasteiger charge is -2.27. The van der Waals surface area contributed by atoms with Crippen molar-refractivity contribution in [3.05, 3.63) is 29.6 Å². The molecule has 20 heavy (non-hydrogen) atoms. The average Bonchev–Trinajstić information content (AvgIpc) is 2.64. The number of para-hydroxylation sites is 1. The van der Waals surface area contributed by atoms with E-state index in [0.29, 0.717) is 0 Å². The summed E-state index contributed by atoms with van der Waals surface area (Å²) in [7, 11) is 0. The van der Waals surface area contributed by atoms with Crippen LogP contribution < -0.4 is 10.6 Å². The van der Waals surface area contributed by atoms with E-state index in [1.807, 2.05) is 13.0 Å². The normalized spacial score (nSPS) is 21.6. The Labute approximate surface area is 122 Å². The molecule has 1 aromatic rings. The Morgan fingerprint density at radius 3 is 2.85 bits per heavy atom. The van der Waals surface area contributed by atoms with Crippen LogP contribution in [0.1, 0.15) is 57.6 Å². The predicted octanol–water partition coefficient (Wildman–Crippen LogP) is 4.25. The highest BCUT2D eigenvalue weighted by molar-refractivity contribution is 5.56. The van der Waals surface area contributed by atoms with Crippen molar-refractivity contribution in [2.45, 2.75) is 52.0 Å². The van der Waals surface area contributed by atoms with E-state index in [9.17, 15) is 4.39 Å². The van der Waals surface area contributed by atoms with E-state index in [-0.39, 0.29) is 11.9 Å². The Kier molecular flexibility index (Phi) is 5.41. The van der Waals surface area contributed by atoms with Crippen LogP contribution in [0.25, 0.3) is 0 Å². The van der Waals surface area contributed by atoms with E-state index in [1.165, 1.54) is 25.7 Å². The van der Waals surface area contributed by atoms with Crippen LogP contribution in [-0.4, -0.2) is 13.1 Å². The Bertz CT molecular complexity index is 431. The highest BCUT2D eigenvalue weighted by Crippen LogP contribution is 2.32. The first kappa shape index (κ1) is 15.3. The van der Waals surface area contributed by atoms with Gasteiger partial charge in [-0.05, 0) is 43.7 Å². The quantitative estimate of drug-likeness (QED) is 0.892. The Balaban J connectivity index is 2.19. The minimum absolute atomic E-state index is 0.129. The summed E-state index contributed by atoms with van der Waals surface area (Å²) in [6, 6.07) is 5.14. The molecule has 0 bridgehead atoms. The van der Waals surface area contributed by atoms with E-state index in [2.05, 4.69) is 11.8 Å². The molecule has 0 radical (unpaired) electrons. The third kappa shape index (κ3) is 3.51. The Morgan fingerprint density at radius 1 is 1.35 bits per heavy atom. The van der Waals surface area contributed by atoms with Gasteiger partial charge in [-0.1, -0.05) is 31.9 Å². The Hall–Kier alpha value is -1.09. The molecule has 1 fully saturated rings. The molecule has 2 atom stereocenters. The minimum atomic E-state index is -0.131. The van der Waals surface area contributed by atoms with Gasteiger partial charge in [0.2, 0.25) is 0 Å². The van der Waals surface area contributed by atoms with Crippen molar-refractivity contribution >= 4 is 5.69 Å². The first-order valence-corrected chi connectivity index (χ1v) is 7.92. The molecule has 112 valence electrons. The van der Waals surface area contributed by atoms with Crippen molar-refractivity contribution in [1.82, 2.24) is 0 Å². The molecular weight excluding hydrogens is 251 g/mol. The molecule has 1 aromatic carbocycles. The molecule has 1 unspecified atom stereocenters. The summed E-state index contributed by atoms with van der Waals surface area (Å²) in [6.45, 7) is 6.07. The fourth-order valence-electron chi connectivity index (χ4n) is 3.32. The van der Waals surface area contributed by atoms with Crippen molar-refractivity contribution < 1.29 is 4.39 Å². The van der Waals surface area contributed by atoms with Gasteiger partial charge in [-0.2, -0.15) is 0 Å². The highest BCUT2D eigenvalue weighted by Gasteiger charge is 2.22. The maximum Gasteiger partial charge on any atom is 0.146 e. The summed E-state index contributed by atoms with van der Waals surface area (Å²) in [5.74, 6) is 0.671. The molecule has 2 N–H and O–H groups in total. The van der Waals surface area contributed by atoms with E-state index in [0.717, 1.165) is 36.7 Å². The second-order valence-corrected chi connectivity index (χ2v) is 6.04. The summed E-state index contributed by atoms with van der Waals surface area (Å²) in [6.07, 6.45) is 6.13. The van der Waals surface area contributed by atoms with E-state index < -0.39 is 0 Å². The van der Waals surface area contributed by atoms with Gasteiger partial charge in [-0.25, -0.2) is 4.39 Å². The number of hydrogen-bond donors (Lipinski definition) is 1. The lowest BCUT2D eigenvalue weighted by Crippen LogP contribution is -2.27. The number of nitrogens with two attached hydrogens (primary N) is 1. The molecule has 0 saturated carbocycles. The van der Waals surface area contributed by atoms with Gasteiger partial charge in [0.1, 0.15) is 5.82 Å². The van der Waals surface area contributed by atoms with Crippen molar-refractivity contribution in [2.75, 3.05) is 18.0 Å². The number of benzene rings is 1. The van der Waals surface area contributed by atoms with Crippen LogP contribution in [0.4, 0.5) is 10.1 Å². The van der Waals surface area contributed by atoms with Gasteiger partial charge < -0.3 is 10.6 Å². The summed E-state index contributed by atoms with van der Waals surface area (Å²) in [4.78, 5) is 2.21. The molecular formula is C17H27FN2. The van der Waals surface area contributed by atoms with Gasteiger partial charge in [0, 0.05) is 19.1 Å². The van der Waals surface area contributed by atoms with Gasteiger partial charge >= 0.3 is 0 Å². The molecule has 0 spiro atoms. The first-order valence-electron chi connectivity index (χ1n) is 7.92. The van der Waals surface area contributed by atoms with Crippen LogP contribution in [0.15, 0.2) is 18.2 Å². The number of halogens is 1. The Morgan fingerprint density at radius 2 is 2.15 bits per heavy atom. The zero-order valence-electron chi connectivity index (χ0n) is 12.7. The molecule has 1 heterocycles. The van der Waals surface area contributed by atoms with Crippen molar-refractivity contribution in [3.8, 4) is 0 Å². The van der Waals surface area contributed by atoms with Gasteiger partial charge in [0.25, 0.3) is 0 Å². The van der Waals surface area contributed by atoms with Crippen molar-refractivity contribution in [1.29, 1.82) is 0 Å². The molecule has 1 saturated heterocycles. The monoisotopic (exact) mass is 278 g/mol. The van der Waals surface area contributed by atoms with Crippen LogP contribution in [0, 0.1) is 11.7 Å². The SMILES string of the molecule is CCCC1CCCN(c2c(F)cccc2[C@H](C)N)CC1. The van der Waals surface area contributed by atoms with Crippen molar-refractivity contribution in [2.24, 2.45) is 11.7 Å². The molecule has 1 aliphatic heterocycles. The lowest BCUT2D eigenvalue weighted by molar-refractivity contribution is 0.435. The summed E-state index contributed by atoms with van der Waals surface area (Å²) in [5.41, 5.74) is 7.68. The van der Waals surface area contributed by atoms with E-state index >= 15 is 0 Å². The first-order chi connectivity index (χ1) is 9.63. The maximum atomic E-state index is 14.3. The van der Waals surface area contributed by atoms with Gasteiger partial charge in [0.05, 0.1) is 5.69 Å². The number of rotatable bonds is 4. The molecule has 1 aliphatic rings. The molecule has 0 aromatic heterocycles. The van der Waals surface area contributed by atoms with E-state index in [4.69, 9.17) is 5.73 Å². The van der Waals surface area contributed by atoms with Crippen LogP contribution in [0.3, 0.4) is 0 Å². The molecule has 2 nitrogen and oxygen atoms in total. The van der Waals surface area contributed by atoms with Gasteiger partial charge in [-0.15, -0.1) is 0 Å². The van der Waals surface area contributed by atoms with Gasteiger partial charge in [-0.3, -0.25) is 0 Å². The maximum absolute atomic E-state index is 14.3. The largest absolute Gasteiger partial charge is 0.369 e. The fraction of sp³-hybridized carbons (Fsp3) is 0.647. The van der Waals surface area contributed by atoms with Gasteiger partial charge in [0.15, 0.2) is 0 Å². The second-order valence-electron chi connectivity index (χ2n) is 6.04. The number of nitrogens with zero attached hydrogens (tertiary/aromatic N) is 1. The van der Waals surface area contributed by atoms with Crippen molar-refractivity contribution in [3.63, 3.8) is 0 Å². The molecule has 2 rings (SSSR count). The highest BCUT2D eigenvalue weighted by atomic mass is 19.1. The van der Waals surface area contributed by atoms with Crippen LogP contribution in [0.2, 0.25) is 0 Å². The number of anilines is 1. The summed E-state index contributed by atoms with van der Waals surface area (Å²) >= 11 is 0. The van der Waals surface area contributed by atoms with Crippen LogP contribution >= 0.6 is 0 Å². The molecule has 0 aliphatic carbocycles. The zero-order valence-corrected chi connectivity index (χ0v) is 12.7. The summed E-state index contributed by atoms with van der Waals surface area (Å²) in [5, 5.41) is 0. The summed E-state index contributed by atoms with van der Waals surface area (Å²) < 4.78 is 14.3. The fourth-order valence-corrected chi connectivity index (χ4v) is 3.32. The third-order valence-corrected chi connectivity index (χ3v) is 4.37. The number of hydrogen-bond acceptors (Lipinski definition) is 2. The predicted molar refractivity (Wildman–Crippen MR) is 83.5 cm³/mol. The smallest absolute Gasteiger partial charge is 0.146 e.